The van der Waals surface area contributed by atoms with Crippen LogP contribution in [-0.4, -0.2) is 19.3 Å². The van der Waals surface area contributed by atoms with Crippen LogP contribution in [0, 0.1) is 38.5 Å². The molecule has 0 bridgehead atoms. The van der Waals surface area contributed by atoms with Gasteiger partial charge in [-0.2, -0.15) is 5.10 Å². The lowest BCUT2D eigenvalue weighted by atomic mass is 9.78. The van der Waals surface area contributed by atoms with Crippen molar-refractivity contribution in [3.63, 3.8) is 0 Å². The molecule has 0 fully saturated rings. The highest BCUT2D eigenvalue weighted by molar-refractivity contribution is 6.09. The van der Waals surface area contributed by atoms with Gasteiger partial charge in [-0.1, -0.05) is 73.6 Å². The van der Waals surface area contributed by atoms with Crippen molar-refractivity contribution in [1.82, 2.24) is 19.3 Å². The molecule has 5 heteroatoms. The Kier molecular flexibility index (Phi) is 10.5. The van der Waals surface area contributed by atoms with Gasteiger partial charge in [-0.05, 0) is 157 Å². The van der Waals surface area contributed by atoms with Gasteiger partial charge in [-0.3, -0.25) is 4.57 Å². The van der Waals surface area contributed by atoms with E-state index < -0.39 is 0 Å². The maximum absolute atomic E-state index is 6.71. The number of fused-ring (bicyclic) bond motifs is 3. The first kappa shape index (κ1) is 39.1. The standard InChI is InChI=1S/C51H60N4O/c1-32(2)37-21-24-52-48(27-37)55-46-16-14-13-15-44(46)45-18-17-40(29-47(45)55)56-41-26-33(3)25-39(28-41)54-31-38(30-53-54)49-42(19-22-50(7,8)9)35(5)34(4)36(6)43(49)20-23-51(10,11)12/h13-18,21,24-32H,19-20,22-23H2,1-12H3. The number of rotatable bonds is 10. The summed E-state index contributed by atoms with van der Waals surface area (Å²) >= 11 is 0. The molecule has 0 saturated heterocycles. The number of para-hydroxylation sites is 1. The Morgan fingerprint density at radius 3 is 2.00 bits per heavy atom. The van der Waals surface area contributed by atoms with Gasteiger partial charge in [0, 0.05) is 40.9 Å². The van der Waals surface area contributed by atoms with Gasteiger partial charge in [0.1, 0.15) is 17.3 Å². The third-order valence-corrected chi connectivity index (χ3v) is 11.6. The summed E-state index contributed by atoms with van der Waals surface area (Å²) in [6.07, 6.45) is 10.6. The summed E-state index contributed by atoms with van der Waals surface area (Å²) in [6, 6.07) is 25.6. The van der Waals surface area contributed by atoms with Crippen molar-refractivity contribution < 1.29 is 4.74 Å². The predicted octanol–water partition coefficient (Wildman–Crippen LogP) is 14.1. The maximum Gasteiger partial charge on any atom is 0.137 e. The first-order chi connectivity index (χ1) is 26.5. The molecule has 0 aliphatic carbocycles. The number of hydrogen-bond donors (Lipinski definition) is 0. The molecule has 0 atom stereocenters. The second-order valence-electron chi connectivity index (χ2n) is 18.7. The van der Waals surface area contributed by atoms with E-state index >= 15 is 0 Å². The van der Waals surface area contributed by atoms with Crippen LogP contribution in [0.25, 0.3) is 44.4 Å². The molecular weight excluding hydrogens is 685 g/mol. The van der Waals surface area contributed by atoms with Gasteiger partial charge < -0.3 is 4.74 Å². The summed E-state index contributed by atoms with van der Waals surface area (Å²) in [6.45, 7) is 27.6. The fourth-order valence-corrected chi connectivity index (χ4v) is 8.09. The van der Waals surface area contributed by atoms with E-state index in [1.54, 1.807) is 0 Å². The van der Waals surface area contributed by atoms with Crippen LogP contribution < -0.4 is 4.74 Å². The van der Waals surface area contributed by atoms with E-state index in [2.05, 4.69) is 173 Å². The Morgan fingerprint density at radius 1 is 0.679 bits per heavy atom. The number of aromatic nitrogens is 4. The zero-order valence-corrected chi connectivity index (χ0v) is 35.8. The van der Waals surface area contributed by atoms with Crippen LogP contribution in [0.5, 0.6) is 11.5 Å². The summed E-state index contributed by atoms with van der Waals surface area (Å²) in [4.78, 5) is 4.84. The van der Waals surface area contributed by atoms with Gasteiger partial charge in [-0.15, -0.1) is 0 Å². The van der Waals surface area contributed by atoms with E-state index in [1.807, 2.05) is 10.9 Å². The predicted molar refractivity (Wildman–Crippen MR) is 236 cm³/mol. The molecule has 7 aromatic rings. The lowest BCUT2D eigenvalue weighted by Gasteiger charge is -2.26. The Hall–Kier alpha value is -5.16. The smallest absolute Gasteiger partial charge is 0.137 e. The number of pyridine rings is 1. The minimum atomic E-state index is 0.243. The molecule has 0 spiro atoms. The van der Waals surface area contributed by atoms with Crippen molar-refractivity contribution in [3.8, 4) is 34.1 Å². The number of aryl methyl sites for hydroxylation is 1. The van der Waals surface area contributed by atoms with Crippen LogP contribution in [0.15, 0.2) is 91.4 Å². The summed E-state index contributed by atoms with van der Waals surface area (Å²) < 4.78 is 11.0. The molecule has 290 valence electrons. The van der Waals surface area contributed by atoms with Crippen LogP contribution >= 0.6 is 0 Å². The third kappa shape index (κ3) is 8.05. The van der Waals surface area contributed by atoms with Gasteiger partial charge in [0.25, 0.3) is 0 Å². The number of ether oxygens (including phenoxy) is 1. The van der Waals surface area contributed by atoms with Gasteiger partial charge in [0.05, 0.1) is 22.9 Å². The van der Waals surface area contributed by atoms with Gasteiger partial charge >= 0.3 is 0 Å². The topological polar surface area (TPSA) is 44.9 Å². The van der Waals surface area contributed by atoms with Crippen molar-refractivity contribution in [2.24, 2.45) is 10.8 Å². The molecule has 0 saturated carbocycles. The second kappa shape index (κ2) is 15.1. The van der Waals surface area contributed by atoms with Crippen LogP contribution in [0.1, 0.15) is 113 Å². The molecule has 7 rings (SSSR count). The Morgan fingerprint density at radius 2 is 1.34 bits per heavy atom. The normalized spacial score (nSPS) is 12.4. The van der Waals surface area contributed by atoms with E-state index in [4.69, 9.17) is 14.8 Å². The molecule has 0 aliphatic rings. The Balaban J connectivity index is 1.28. The van der Waals surface area contributed by atoms with Gasteiger partial charge in [0.2, 0.25) is 0 Å². The minimum Gasteiger partial charge on any atom is -0.457 e. The van der Waals surface area contributed by atoms with Crippen molar-refractivity contribution in [2.45, 2.75) is 115 Å². The molecule has 0 radical (unpaired) electrons. The highest BCUT2D eigenvalue weighted by Gasteiger charge is 2.24. The van der Waals surface area contributed by atoms with Crippen molar-refractivity contribution in [3.05, 3.63) is 130 Å². The molecule has 0 aliphatic heterocycles. The van der Waals surface area contributed by atoms with Crippen molar-refractivity contribution in [1.29, 1.82) is 0 Å². The highest BCUT2D eigenvalue weighted by Crippen LogP contribution is 2.40. The van der Waals surface area contributed by atoms with E-state index in [-0.39, 0.29) is 10.8 Å². The lowest BCUT2D eigenvalue weighted by Crippen LogP contribution is -2.12. The molecule has 0 N–H and O–H groups in total. The zero-order chi connectivity index (χ0) is 40.1. The Bertz CT molecular complexity index is 2510. The van der Waals surface area contributed by atoms with Crippen molar-refractivity contribution in [2.75, 3.05) is 0 Å². The monoisotopic (exact) mass is 744 g/mol. The van der Waals surface area contributed by atoms with Gasteiger partial charge in [-0.25, -0.2) is 9.67 Å². The summed E-state index contributed by atoms with van der Waals surface area (Å²) in [5.74, 6) is 2.87. The van der Waals surface area contributed by atoms with Crippen LogP contribution in [-0.2, 0) is 12.8 Å². The molecule has 5 nitrogen and oxygen atoms in total. The largest absolute Gasteiger partial charge is 0.457 e. The van der Waals surface area contributed by atoms with Crippen LogP contribution in [0.3, 0.4) is 0 Å². The first-order valence-corrected chi connectivity index (χ1v) is 20.4. The van der Waals surface area contributed by atoms with E-state index in [9.17, 15) is 0 Å². The highest BCUT2D eigenvalue weighted by atomic mass is 16.5. The molecule has 56 heavy (non-hydrogen) atoms. The van der Waals surface area contributed by atoms with E-state index in [1.165, 1.54) is 55.3 Å². The van der Waals surface area contributed by atoms with Crippen LogP contribution in [0.2, 0.25) is 0 Å². The zero-order valence-electron chi connectivity index (χ0n) is 35.8. The third-order valence-electron chi connectivity index (χ3n) is 11.6. The molecule has 0 unspecified atom stereocenters. The minimum absolute atomic E-state index is 0.243. The fourth-order valence-electron chi connectivity index (χ4n) is 8.09. The quantitative estimate of drug-likeness (QED) is 0.140. The number of hydrogen-bond acceptors (Lipinski definition) is 3. The maximum atomic E-state index is 6.71. The molecule has 3 aromatic heterocycles. The lowest BCUT2D eigenvalue weighted by molar-refractivity contribution is 0.376. The second-order valence-corrected chi connectivity index (χ2v) is 18.7. The molecule has 3 heterocycles. The van der Waals surface area contributed by atoms with Crippen molar-refractivity contribution >= 4 is 21.8 Å². The molecule has 4 aromatic carbocycles. The summed E-state index contributed by atoms with van der Waals surface area (Å²) in [5, 5.41) is 7.38. The van der Waals surface area contributed by atoms with Gasteiger partial charge in [0.15, 0.2) is 0 Å². The molecular formula is C51H60N4O. The summed E-state index contributed by atoms with van der Waals surface area (Å²) in [7, 11) is 0. The van der Waals surface area contributed by atoms with E-state index in [0.29, 0.717) is 5.92 Å². The van der Waals surface area contributed by atoms with Crippen LogP contribution in [0.4, 0.5) is 0 Å². The summed E-state index contributed by atoms with van der Waals surface area (Å²) in [5.41, 5.74) is 15.8. The average molecular weight is 745 g/mol. The fraction of sp³-hybridized carbons (Fsp3) is 0.373. The number of benzene rings is 4. The van der Waals surface area contributed by atoms with E-state index in [0.717, 1.165) is 65.3 Å². The molecule has 0 amide bonds. The first-order valence-electron chi connectivity index (χ1n) is 20.4. The average Bonchev–Trinajstić information content (AvgIpc) is 3.75. The Labute approximate surface area is 334 Å². The SMILES string of the molecule is Cc1cc(Oc2ccc3c4ccccc4n(-c4cc(C(C)C)ccn4)c3c2)cc(-n2cc(-c3c(CCC(C)(C)C)c(C)c(C)c(C)c3CCC(C)(C)C)cn2)c1. The number of nitrogens with zero attached hydrogens (tertiary/aromatic N) is 4.